The molecule has 2 N–H and O–H groups in total. The molecule has 0 unspecified atom stereocenters. The van der Waals surface area contributed by atoms with Gasteiger partial charge >= 0.3 is 6.18 Å². The third-order valence-electron chi connectivity index (χ3n) is 2.27. The Labute approximate surface area is 105 Å². The summed E-state index contributed by atoms with van der Waals surface area (Å²) in [5, 5.41) is 0. The van der Waals surface area contributed by atoms with Crippen LogP contribution in [0.1, 0.15) is 26.7 Å². The molecule has 0 spiro atoms. The molecule has 0 aliphatic heterocycles. The molecule has 0 aliphatic carbocycles. The summed E-state index contributed by atoms with van der Waals surface area (Å²) in [6.07, 6.45) is -3.72. The molecule has 0 bridgehead atoms. The van der Waals surface area contributed by atoms with Gasteiger partial charge in [-0.05, 0) is 26.8 Å². The van der Waals surface area contributed by atoms with Crippen LogP contribution in [0.5, 0.6) is 0 Å². The average Bonchev–Trinajstić information content (AvgIpc) is 2.23. The van der Waals surface area contributed by atoms with Crippen LogP contribution in [0.3, 0.4) is 0 Å². The quantitative estimate of drug-likeness (QED) is 0.681. The van der Waals surface area contributed by atoms with Gasteiger partial charge in [-0.1, -0.05) is 0 Å². The molecule has 4 nitrogen and oxygen atoms in total. The Balaban J connectivity index is 3.96. The second-order valence-corrected chi connectivity index (χ2v) is 4.24. The summed E-state index contributed by atoms with van der Waals surface area (Å²) in [6.45, 7) is 3.16. The molecular weight excluding hydrogens is 249 g/mol. The zero-order valence-corrected chi connectivity index (χ0v) is 10.8. The van der Waals surface area contributed by atoms with Crippen LogP contribution in [0, 0.1) is 0 Å². The third-order valence-corrected chi connectivity index (χ3v) is 2.27. The van der Waals surface area contributed by atoms with Crippen molar-refractivity contribution in [2.45, 2.75) is 38.9 Å². The van der Waals surface area contributed by atoms with Gasteiger partial charge in [-0.3, -0.25) is 4.79 Å². The minimum absolute atomic E-state index is 0.00617. The standard InChI is InChI=1S/C11H21F3N2O2/c1-9(2)16(6-3-5-15)10(17)4-7-18-8-11(12,13)14/h9H,3-8,15H2,1-2H3. The first-order valence-corrected chi connectivity index (χ1v) is 5.92. The maximum atomic E-state index is 11.8. The molecule has 0 rings (SSSR count). The van der Waals surface area contributed by atoms with Crippen molar-refractivity contribution in [1.29, 1.82) is 0 Å². The SMILES string of the molecule is CC(C)N(CCCN)C(=O)CCOCC(F)(F)F. The number of halogens is 3. The summed E-state index contributed by atoms with van der Waals surface area (Å²) in [7, 11) is 0. The van der Waals surface area contributed by atoms with Crippen LogP contribution < -0.4 is 5.73 Å². The highest BCUT2D eigenvalue weighted by Crippen LogP contribution is 2.14. The Morgan fingerprint density at radius 1 is 1.39 bits per heavy atom. The molecule has 0 heterocycles. The molecule has 0 aromatic heterocycles. The Morgan fingerprint density at radius 2 is 2.00 bits per heavy atom. The maximum absolute atomic E-state index is 11.8. The number of carbonyl (C=O) groups excluding carboxylic acids is 1. The fourth-order valence-electron chi connectivity index (χ4n) is 1.42. The molecule has 0 aromatic carbocycles. The minimum Gasteiger partial charge on any atom is -0.372 e. The molecule has 18 heavy (non-hydrogen) atoms. The Hall–Kier alpha value is -0.820. The fraction of sp³-hybridized carbons (Fsp3) is 0.909. The summed E-state index contributed by atoms with van der Waals surface area (Å²) in [6, 6.07) is 0.00617. The lowest BCUT2D eigenvalue weighted by atomic mass is 10.2. The van der Waals surface area contributed by atoms with Crippen molar-refractivity contribution in [1.82, 2.24) is 4.90 Å². The number of nitrogens with two attached hydrogens (primary N) is 1. The van der Waals surface area contributed by atoms with Crippen LogP contribution >= 0.6 is 0 Å². The second kappa shape index (κ2) is 8.31. The first-order chi connectivity index (χ1) is 8.28. The van der Waals surface area contributed by atoms with Crippen molar-refractivity contribution in [2.24, 2.45) is 5.73 Å². The summed E-state index contributed by atoms with van der Waals surface area (Å²) >= 11 is 0. The van der Waals surface area contributed by atoms with Crippen molar-refractivity contribution in [3.63, 3.8) is 0 Å². The van der Waals surface area contributed by atoms with E-state index in [0.717, 1.165) is 0 Å². The smallest absolute Gasteiger partial charge is 0.372 e. The number of hydrogen-bond acceptors (Lipinski definition) is 3. The molecule has 0 radical (unpaired) electrons. The normalized spacial score (nSPS) is 11.9. The van der Waals surface area contributed by atoms with Crippen molar-refractivity contribution >= 4 is 5.91 Å². The van der Waals surface area contributed by atoms with Crippen molar-refractivity contribution in [2.75, 3.05) is 26.3 Å². The number of ether oxygens (including phenoxy) is 1. The highest BCUT2D eigenvalue weighted by atomic mass is 19.4. The van der Waals surface area contributed by atoms with Gasteiger partial charge in [0.1, 0.15) is 6.61 Å². The minimum atomic E-state index is -4.35. The van der Waals surface area contributed by atoms with Gasteiger partial charge in [0.2, 0.25) is 5.91 Å². The predicted molar refractivity (Wildman–Crippen MR) is 62.0 cm³/mol. The molecule has 0 aromatic rings. The van der Waals surface area contributed by atoms with Crippen LogP contribution in [0.25, 0.3) is 0 Å². The first kappa shape index (κ1) is 17.2. The zero-order valence-electron chi connectivity index (χ0n) is 10.8. The zero-order chi connectivity index (χ0) is 14.2. The number of carbonyl (C=O) groups is 1. The molecule has 0 fully saturated rings. The number of hydrogen-bond donors (Lipinski definition) is 1. The van der Waals surface area contributed by atoms with Crippen LogP contribution in [-0.4, -0.2) is 49.3 Å². The van der Waals surface area contributed by atoms with Crippen molar-refractivity contribution in [3.8, 4) is 0 Å². The van der Waals surface area contributed by atoms with Gasteiger partial charge < -0.3 is 15.4 Å². The molecule has 0 atom stereocenters. The van der Waals surface area contributed by atoms with Crippen LogP contribution in [-0.2, 0) is 9.53 Å². The molecule has 0 aliphatic rings. The van der Waals surface area contributed by atoms with Gasteiger partial charge in [-0.2, -0.15) is 13.2 Å². The molecule has 7 heteroatoms. The third kappa shape index (κ3) is 8.30. The molecule has 108 valence electrons. The van der Waals surface area contributed by atoms with Gasteiger partial charge in [0.15, 0.2) is 0 Å². The van der Waals surface area contributed by atoms with Crippen LogP contribution in [0.2, 0.25) is 0 Å². The van der Waals surface area contributed by atoms with Crippen LogP contribution in [0.15, 0.2) is 0 Å². The lowest BCUT2D eigenvalue weighted by Crippen LogP contribution is -2.39. The van der Waals surface area contributed by atoms with Crippen molar-refractivity contribution < 1.29 is 22.7 Å². The van der Waals surface area contributed by atoms with Gasteiger partial charge in [0.25, 0.3) is 0 Å². The lowest BCUT2D eigenvalue weighted by Gasteiger charge is -2.26. The molecule has 0 saturated heterocycles. The van der Waals surface area contributed by atoms with E-state index in [9.17, 15) is 18.0 Å². The van der Waals surface area contributed by atoms with E-state index in [4.69, 9.17) is 5.73 Å². The van der Waals surface area contributed by atoms with Gasteiger partial charge in [-0.25, -0.2) is 0 Å². The fourth-order valence-corrected chi connectivity index (χ4v) is 1.42. The highest BCUT2D eigenvalue weighted by Gasteiger charge is 2.27. The highest BCUT2D eigenvalue weighted by molar-refractivity contribution is 5.76. The van der Waals surface area contributed by atoms with Crippen LogP contribution in [0.4, 0.5) is 13.2 Å². The van der Waals surface area contributed by atoms with Gasteiger partial charge in [-0.15, -0.1) is 0 Å². The van der Waals surface area contributed by atoms with E-state index in [1.807, 2.05) is 13.8 Å². The lowest BCUT2D eigenvalue weighted by molar-refractivity contribution is -0.175. The van der Waals surface area contributed by atoms with Crippen molar-refractivity contribution in [3.05, 3.63) is 0 Å². The number of amides is 1. The Bertz CT molecular complexity index is 245. The summed E-state index contributed by atoms with van der Waals surface area (Å²) in [5.74, 6) is -0.208. The summed E-state index contributed by atoms with van der Waals surface area (Å²) in [4.78, 5) is 13.3. The van der Waals surface area contributed by atoms with Gasteiger partial charge in [0.05, 0.1) is 13.0 Å². The van der Waals surface area contributed by atoms with E-state index in [2.05, 4.69) is 4.74 Å². The largest absolute Gasteiger partial charge is 0.411 e. The summed E-state index contributed by atoms with van der Waals surface area (Å²) in [5.41, 5.74) is 5.36. The second-order valence-electron chi connectivity index (χ2n) is 4.24. The number of nitrogens with zero attached hydrogens (tertiary/aromatic N) is 1. The number of rotatable bonds is 8. The number of alkyl halides is 3. The Morgan fingerprint density at radius 3 is 2.44 bits per heavy atom. The monoisotopic (exact) mass is 270 g/mol. The van der Waals surface area contributed by atoms with E-state index in [-0.39, 0.29) is 25.0 Å². The first-order valence-electron chi connectivity index (χ1n) is 5.92. The average molecular weight is 270 g/mol. The molecule has 1 amide bonds. The Kier molecular flexibility index (Phi) is 7.93. The molecular formula is C11H21F3N2O2. The van der Waals surface area contributed by atoms with E-state index in [1.165, 1.54) is 0 Å². The van der Waals surface area contributed by atoms with Gasteiger partial charge in [0, 0.05) is 12.6 Å². The topological polar surface area (TPSA) is 55.6 Å². The van der Waals surface area contributed by atoms with E-state index >= 15 is 0 Å². The maximum Gasteiger partial charge on any atom is 0.411 e. The van der Waals surface area contributed by atoms with E-state index < -0.39 is 12.8 Å². The molecule has 0 saturated carbocycles. The van der Waals surface area contributed by atoms with E-state index in [0.29, 0.717) is 19.5 Å². The predicted octanol–water partition coefficient (Wildman–Crippen LogP) is 1.54. The summed E-state index contributed by atoms with van der Waals surface area (Å²) < 4.78 is 39.8. The van der Waals surface area contributed by atoms with E-state index in [1.54, 1.807) is 4.90 Å².